The van der Waals surface area contributed by atoms with Crippen LogP contribution in [0.4, 0.5) is 11.4 Å². The average molecular weight is 403 g/mol. The third-order valence-electron chi connectivity index (χ3n) is 6.23. The van der Waals surface area contributed by atoms with Crippen LogP contribution in [-0.2, 0) is 22.4 Å². The lowest BCUT2D eigenvalue weighted by molar-refractivity contribution is -0.122. The van der Waals surface area contributed by atoms with E-state index in [9.17, 15) is 14.4 Å². The first-order chi connectivity index (χ1) is 14.6. The van der Waals surface area contributed by atoms with E-state index in [1.807, 2.05) is 6.07 Å². The summed E-state index contributed by atoms with van der Waals surface area (Å²) in [6.07, 6.45) is 5.49. The number of rotatable bonds is 5. The summed E-state index contributed by atoms with van der Waals surface area (Å²) in [4.78, 5) is 39.7. The Labute approximate surface area is 175 Å². The van der Waals surface area contributed by atoms with Crippen molar-refractivity contribution in [3.8, 4) is 0 Å². The van der Waals surface area contributed by atoms with Crippen molar-refractivity contribution in [3.63, 3.8) is 0 Å². The summed E-state index contributed by atoms with van der Waals surface area (Å²) in [6, 6.07) is 13.4. The molecule has 6 heteroatoms. The number of benzene rings is 2. The second kappa shape index (κ2) is 7.59. The molecule has 2 aromatic rings. The number of nitrogens with one attached hydrogen (secondary N) is 2. The zero-order valence-corrected chi connectivity index (χ0v) is 16.8. The molecule has 154 valence electrons. The van der Waals surface area contributed by atoms with Gasteiger partial charge in [0.2, 0.25) is 11.8 Å². The molecule has 6 nitrogen and oxygen atoms in total. The molecule has 2 aliphatic carbocycles. The number of hydrogen-bond donors (Lipinski definition) is 2. The van der Waals surface area contributed by atoms with Crippen molar-refractivity contribution in [2.75, 3.05) is 16.8 Å². The lowest BCUT2D eigenvalue weighted by atomic mass is 10.1. The molecular formula is C24H25N3O3. The van der Waals surface area contributed by atoms with E-state index in [0.717, 1.165) is 37.8 Å². The summed E-state index contributed by atoms with van der Waals surface area (Å²) in [5.41, 5.74) is 4.49. The molecule has 5 rings (SSSR count). The van der Waals surface area contributed by atoms with Crippen molar-refractivity contribution in [1.82, 2.24) is 5.32 Å². The summed E-state index contributed by atoms with van der Waals surface area (Å²) < 4.78 is 0. The normalized spacial score (nSPS) is 20.2. The molecule has 3 amide bonds. The van der Waals surface area contributed by atoms with E-state index in [2.05, 4.69) is 22.8 Å². The molecule has 1 saturated heterocycles. The van der Waals surface area contributed by atoms with Crippen molar-refractivity contribution < 1.29 is 14.4 Å². The topological polar surface area (TPSA) is 78.5 Å². The minimum atomic E-state index is -0.440. The van der Waals surface area contributed by atoms with Crippen LogP contribution in [0.15, 0.2) is 42.5 Å². The maximum absolute atomic E-state index is 12.9. The number of para-hydroxylation sites is 1. The minimum absolute atomic E-state index is 0.0344. The van der Waals surface area contributed by atoms with Crippen molar-refractivity contribution in [2.45, 2.75) is 44.6 Å². The maximum Gasteiger partial charge on any atom is 0.253 e. The number of fused-ring (bicyclic) bond motifs is 1. The van der Waals surface area contributed by atoms with Gasteiger partial charge in [-0.25, -0.2) is 0 Å². The molecule has 0 aromatic heterocycles. The van der Waals surface area contributed by atoms with E-state index < -0.39 is 5.92 Å². The van der Waals surface area contributed by atoms with Crippen LogP contribution >= 0.6 is 0 Å². The number of carbonyl (C=O) groups excluding carboxylic acids is 3. The molecular weight excluding hydrogens is 378 g/mol. The van der Waals surface area contributed by atoms with E-state index in [4.69, 9.17) is 0 Å². The molecule has 1 saturated carbocycles. The highest BCUT2D eigenvalue weighted by molar-refractivity contribution is 6.07. The van der Waals surface area contributed by atoms with Crippen molar-refractivity contribution in [3.05, 3.63) is 59.2 Å². The lowest BCUT2D eigenvalue weighted by Gasteiger charge is -2.18. The van der Waals surface area contributed by atoms with Crippen LogP contribution in [-0.4, -0.2) is 30.3 Å². The van der Waals surface area contributed by atoms with E-state index in [0.29, 0.717) is 17.8 Å². The van der Waals surface area contributed by atoms with Gasteiger partial charge in [0.1, 0.15) is 0 Å². The molecule has 0 spiro atoms. The van der Waals surface area contributed by atoms with Gasteiger partial charge in [-0.2, -0.15) is 0 Å². The number of nitrogens with zero attached hydrogens (tertiary/aromatic N) is 1. The number of carbonyl (C=O) groups is 3. The Hall–Kier alpha value is -3.15. The first-order valence-corrected chi connectivity index (χ1v) is 10.7. The van der Waals surface area contributed by atoms with Gasteiger partial charge in [-0.15, -0.1) is 0 Å². The fraction of sp³-hybridized carbons (Fsp3) is 0.375. The molecule has 30 heavy (non-hydrogen) atoms. The van der Waals surface area contributed by atoms with Crippen LogP contribution in [0, 0.1) is 5.92 Å². The van der Waals surface area contributed by atoms with Crippen molar-refractivity contribution >= 4 is 29.1 Å². The number of aryl methyl sites for hydroxylation is 2. The zero-order valence-electron chi connectivity index (χ0n) is 16.8. The first-order valence-electron chi connectivity index (χ1n) is 10.7. The van der Waals surface area contributed by atoms with E-state index >= 15 is 0 Å². The Bertz CT molecular complexity index is 1030. The largest absolute Gasteiger partial charge is 0.349 e. The predicted octanol–water partition coefficient (Wildman–Crippen LogP) is 3.06. The Morgan fingerprint density at radius 1 is 1.00 bits per heavy atom. The summed E-state index contributed by atoms with van der Waals surface area (Å²) >= 11 is 0. The van der Waals surface area contributed by atoms with Gasteiger partial charge in [-0.05, 0) is 67.5 Å². The van der Waals surface area contributed by atoms with Crippen molar-refractivity contribution in [2.24, 2.45) is 5.92 Å². The van der Waals surface area contributed by atoms with E-state index in [-0.39, 0.29) is 30.2 Å². The molecule has 1 aliphatic heterocycles. The second-order valence-corrected chi connectivity index (χ2v) is 8.49. The van der Waals surface area contributed by atoms with Crippen molar-refractivity contribution in [1.29, 1.82) is 0 Å². The standard InChI is InChI=1S/C24H25N3O3/c28-22-13-17(14-27(22)19-11-8-15-4-3-5-16(15)12-19)23(29)26-21-7-2-1-6-20(21)24(30)25-18-9-10-18/h1-2,6-8,11-12,17-18H,3-5,9-10,13-14H2,(H,25,30)(H,26,29). The molecule has 1 atom stereocenters. The van der Waals surface area contributed by atoms with Gasteiger partial charge >= 0.3 is 0 Å². The summed E-state index contributed by atoms with van der Waals surface area (Å²) in [5.74, 6) is -0.868. The van der Waals surface area contributed by atoms with E-state index in [1.165, 1.54) is 11.1 Å². The van der Waals surface area contributed by atoms with Gasteiger partial charge in [0.15, 0.2) is 0 Å². The molecule has 1 unspecified atom stereocenters. The van der Waals surface area contributed by atoms with Gasteiger partial charge in [0.05, 0.1) is 17.2 Å². The zero-order chi connectivity index (χ0) is 20.7. The predicted molar refractivity (Wildman–Crippen MR) is 114 cm³/mol. The molecule has 2 N–H and O–H groups in total. The molecule has 2 aromatic carbocycles. The van der Waals surface area contributed by atoms with Crippen LogP contribution in [0.25, 0.3) is 0 Å². The first kappa shape index (κ1) is 18.9. The van der Waals surface area contributed by atoms with Gasteiger partial charge in [-0.1, -0.05) is 18.2 Å². The van der Waals surface area contributed by atoms with Gasteiger partial charge in [0.25, 0.3) is 5.91 Å². The smallest absolute Gasteiger partial charge is 0.253 e. The lowest BCUT2D eigenvalue weighted by Crippen LogP contribution is -2.30. The Balaban J connectivity index is 1.28. The van der Waals surface area contributed by atoms with Gasteiger partial charge in [-0.3, -0.25) is 14.4 Å². The summed E-state index contributed by atoms with van der Waals surface area (Å²) in [6.45, 7) is 0.361. The van der Waals surface area contributed by atoms with Crippen LogP contribution in [0.5, 0.6) is 0 Å². The summed E-state index contributed by atoms with van der Waals surface area (Å²) in [5, 5.41) is 5.84. The monoisotopic (exact) mass is 403 g/mol. The number of hydrogen-bond acceptors (Lipinski definition) is 3. The van der Waals surface area contributed by atoms with Gasteiger partial charge in [0, 0.05) is 24.7 Å². The quantitative estimate of drug-likeness (QED) is 0.805. The molecule has 0 radical (unpaired) electrons. The highest BCUT2D eigenvalue weighted by Gasteiger charge is 2.36. The number of anilines is 2. The van der Waals surface area contributed by atoms with E-state index in [1.54, 1.807) is 29.2 Å². The number of amides is 3. The molecule has 1 heterocycles. The van der Waals surface area contributed by atoms with Crippen LogP contribution in [0.3, 0.4) is 0 Å². The molecule has 2 fully saturated rings. The second-order valence-electron chi connectivity index (χ2n) is 8.49. The Morgan fingerprint density at radius 2 is 1.80 bits per heavy atom. The summed E-state index contributed by atoms with van der Waals surface area (Å²) in [7, 11) is 0. The Kier molecular flexibility index (Phi) is 4.77. The minimum Gasteiger partial charge on any atom is -0.349 e. The highest BCUT2D eigenvalue weighted by atomic mass is 16.2. The third kappa shape index (κ3) is 3.70. The third-order valence-corrected chi connectivity index (χ3v) is 6.23. The van der Waals surface area contributed by atoms with Gasteiger partial charge < -0.3 is 15.5 Å². The van der Waals surface area contributed by atoms with Crippen LogP contribution < -0.4 is 15.5 Å². The Morgan fingerprint density at radius 3 is 2.63 bits per heavy atom. The SMILES string of the molecule is O=C(NC1CC1)c1ccccc1NC(=O)C1CC(=O)N(c2ccc3c(c2)CCC3)C1. The fourth-order valence-corrected chi connectivity index (χ4v) is 4.37. The molecule has 3 aliphatic rings. The maximum atomic E-state index is 12.9. The highest BCUT2D eigenvalue weighted by Crippen LogP contribution is 2.31. The van der Waals surface area contributed by atoms with Crippen LogP contribution in [0.2, 0.25) is 0 Å². The average Bonchev–Trinajstić information content (AvgIpc) is 3.28. The van der Waals surface area contributed by atoms with Crippen LogP contribution in [0.1, 0.15) is 47.2 Å². The molecule has 0 bridgehead atoms. The fourth-order valence-electron chi connectivity index (χ4n) is 4.37.